The van der Waals surface area contributed by atoms with E-state index in [2.05, 4.69) is 10.4 Å². The summed E-state index contributed by atoms with van der Waals surface area (Å²) in [7, 11) is 0. The summed E-state index contributed by atoms with van der Waals surface area (Å²) in [6.45, 7) is 1.76. The van der Waals surface area contributed by atoms with Crippen LogP contribution in [-0.4, -0.2) is 22.2 Å². The third-order valence-electron chi connectivity index (χ3n) is 4.36. The molecule has 4 rings (SSSR count). The fourth-order valence-corrected chi connectivity index (χ4v) is 2.81. The minimum atomic E-state index is -0.478. The second kappa shape index (κ2) is 8.48. The highest BCUT2D eigenvalue weighted by Gasteiger charge is 2.08. The predicted molar refractivity (Wildman–Crippen MR) is 114 cm³/mol. The molecule has 30 heavy (non-hydrogen) atoms. The summed E-state index contributed by atoms with van der Waals surface area (Å²) in [5, 5.41) is 0.422. The van der Waals surface area contributed by atoms with Crippen LogP contribution in [0.2, 0.25) is 0 Å². The molecule has 1 heterocycles. The summed E-state index contributed by atoms with van der Waals surface area (Å²) in [4.78, 5) is 28.7. The largest absolute Gasteiger partial charge is 0.484 e. The lowest BCUT2D eigenvalue weighted by molar-refractivity contribution is -0.119. The molecule has 0 saturated heterocycles. The maximum atomic E-state index is 12.4. The van der Waals surface area contributed by atoms with E-state index in [1.54, 1.807) is 48.5 Å². The van der Waals surface area contributed by atoms with Gasteiger partial charge >= 0.3 is 0 Å². The van der Waals surface area contributed by atoms with Gasteiger partial charge in [-0.2, -0.15) is 0 Å². The fourth-order valence-electron chi connectivity index (χ4n) is 2.81. The summed E-state index contributed by atoms with van der Waals surface area (Å²) >= 11 is 0. The summed E-state index contributed by atoms with van der Waals surface area (Å²) in [5.41, 5.74) is 3.84. The maximum absolute atomic E-state index is 12.4. The molecule has 7 heteroatoms. The van der Waals surface area contributed by atoms with Crippen molar-refractivity contribution >= 4 is 16.8 Å². The number of aryl methyl sites for hydroxylation is 1. The highest BCUT2D eigenvalue weighted by Crippen LogP contribution is 2.24. The first kappa shape index (κ1) is 19.2. The first-order chi connectivity index (χ1) is 14.6. The number of benzene rings is 3. The van der Waals surface area contributed by atoms with Crippen LogP contribution >= 0.6 is 0 Å². The number of amides is 1. The molecule has 1 aromatic heterocycles. The Morgan fingerprint density at radius 2 is 1.57 bits per heavy atom. The Morgan fingerprint density at radius 1 is 0.933 bits per heavy atom. The van der Waals surface area contributed by atoms with E-state index in [1.165, 1.54) is 6.33 Å². The molecule has 0 aliphatic heterocycles. The van der Waals surface area contributed by atoms with Crippen molar-refractivity contribution in [1.82, 2.24) is 9.66 Å². The van der Waals surface area contributed by atoms with Crippen molar-refractivity contribution in [3.05, 3.63) is 95.0 Å². The Bertz CT molecular complexity index is 1230. The molecule has 1 N–H and O–H groups in total. The van der Waals surface area contributed by atoms with E-state index in [0.29, 0.717) is 22.4 Å². The number of hydrogen-bond acceptors (Lipinski definition) is 5. The van der Waals surface area contributed by atoms with Crippen molar-refractivity contribution < 1.29 is 14.3 Å². The molecule has 150 valence electrons. The number of para-hydroxylation sites is 1. The van der Waals surface area contributed by atoms with Crippen LogP contribution in [0.25, 0.3) is 10.9 Å². The first-order valence-electron chi connectivity index (χ1n) is 9.32. The second-order valence-corrected chi connectivity index (χ2v) is 6.65. The summed E-state index contributed by atoms with van der Waals surface area (Å²) in [6, 6.07) is 21.6. The van der Waals surface area contributed by atoms with Crippen LogP contribution in [-0.2, 0) is 4.79 Å². The number of hydrogen-bond donors (Lipinski definition) is 1. The lowest BCUT2D eigenvalue weighted by Crippen LogP contribution is -2.35. The lowest BCUT2D eigenvalue weighted by atomic mass is 10.2. The minimum absolute atomic E-state index is 0.253. The van der Waals surface area contributed by atoms with Crippen molar-refractivity contribution in [3.8, 4) is 17.2 Å². The number of nitrogens with zero attached hydrogens (tertiary/aromatic N) is 2. The molecule has 0 aliphatic carbocycles. The van der Waals surface area contributed by atoms with Crippen LogP contribution < -0.4 is 20.5 Å². The zero-order valence-electron chi connectivity index (χ0n) is 16.2. The minimum Gasteiger partial charge on any atom is -0.484 e. The number of nitrogens with one attached hydrogen (secondary N) is 1. The SMILES string of the molecule is Cc1ccc(Oc2ccc(OCC(=O)Nn3cnc4ccccc4c3=O)cc2)cc1. The number of carbonyl (C=O) groups excluding carboxylic acids is 1. The molecule has 0 atom stereocenters. The average Bonchev–Trinajstić information content (AvgIpc) is 2.77. The Hall–Kier alpha value is -4.13. The van der Waals surface area contributed by atoms with Crippen LogP contribution in [0.4, 0.5) is 0 Å². The van der Waals surface area contributed by atoms with Gasteiger partial charge in [0.05, 0.1) is 10.9 Å². The van der Waals surface area contributed by atoms with Crippen LogP contribution in [0, 0.1) is 6.92 Å². The zero-order valence-corrected chi connectivity index (χ0v) is 16.2. The van der Waals surface area contributed by atoms with Gasteiger partial charge in [0, 0.05) is 0 Å². The number of rotatable bonds is 6. The molecular weight excluding hydrogens is 382 g/mol. The average molecular weight is 401 g/mol. The highest BCUT2D eigenvalue weighted by molar-refractivity contribution is 5.85. The van der Waals surface area contributed by atoms with Gasteiger partial charge in [0.25, 0.3) is 11.5 Å². The molecule has 0 bridgehead atoms. The van der Waals surface area contributed by atoms with Crippen molar-refractivity contribution in [2.24, 2.45) is 0 Å². The molecule has 0 unspecified atom stereocenters. The smallest absolute Gasteiger partial charge is 0.280 e. The predicted octanol–water partition coefficient (Wildman–Crippen LogP) is 3.65. The Morgan fingerprint density at radius 3 is 2.30 bits per heavy atom. The number of ether oxygens (including phenoxy) is 2. The van der Waals surface area contributed by atoms with Gasteiger partial charge < -0.3 is 9.47 Å². The summed E-state index contributed by atoms with van der Waals surface area (Å²) < 4.78 is 12.3. The van der Waals surface area contributed by atoms with Gasteiger partial charge in [-0.1, -0.05) is 29.8 Å². The van der Waals surface area contributed by atoms with Crippen molar-refractivity contribution in [2.75, 3.05) is 12.0 Å². The molecule has 0 saturated carbocycles. The zero-order chi connectivity index (χ0) is 20.9. The third-order valence-corrected chi connectivity index (χ3v) is 4.36. The highest BCUT2D eigenvalue weighted by atomic mass is 16.5. The van der Waals surface area contributed by atoms with Gasteiger partial charge in [-0.05, 0) is 55.5 Å². The third kappa shape index (κ3) is 4.47. The van der Waals surface area contributed by atoms with E-state index >= 15 is 0 Å². The molecule has 0 fully saturated rings. The van der Waals surface area contributed by atoms with Crippen molar-refractivity contribution in [2.45, 2.75) is 6.92 Å². The Labute approximate surface area is 172 Å². The van der Waals surface area contributed by atoms with Gasteiger partial charge in [0.2, 0.25) is 0 Å². The van der Waals surface area contributed by atoms with E-state index in [0.717, 1.165) is 16.0 Å². The van der Waals surface area contributed by atoms with Gasteiger partial charge in [0.1, 0.15) is 23.6 Å². The fraction of sp³-hybridized carbons (Fsp3) is 0.0870. The van der Waals surface area contributed by atoms with Gasteiger partial charge in [-0.25, -0.2) is 9.66 Å². The molecule has 0 aliphatic rings. The van der Waals surface area contributed by atoms with E-state index in [1.807, 2.05) is 31.2 Å². The maximum Gasteiger partial charge on any atom is 0.280 e. The van der Waals surface area contributed by atoms with Crippen LogP contribution in [0.5, 0.6) is 17.2 Å². The summed E-state index contributed by atoms with van der Waals surface area (Å²) in [6.07, 6.45) is 1.28. The molecule has 1 amide bonds. The molecule has 4 aromatic rings. The van der Waals surface area contributed by atoms with E-state index < -0.39 is 5.91 Å². The molecule has 3 aromatic carbocycles. The molecule has 7 nitrogen and oxygen atoms in total. The van der Waals surface area contributed by atoms with Crippen LogP contribution in [0.1, 0.15) is 5.56 Å². The van der Waals surface area contributed by atoms with Gasteiger partial charge in [-0.3, -0.25) is 15.0 Å². The van der Waals surface area contributed by atoms with Crippen LogP contribution in [0.3, 0.4) is 0 Å². The second-order valence-electron chi connectivity index (χ2n) is 6.65. The Kier molecular flexibility index (Phi) is 5.43. The standard InChI is InChI=1S/C23H19N3O4/c1-16-6-8-18(9-7-16)30-19-12-10-17(11-13-19)29-14-22(27)25-26-15-24-21-5-3-2-4-20(21)23(26)28/h2-13,15H,14H2,1H3,(H,25,27). The summed E-state index contributed by atoms with van der Waals surface area (Å²) in [5.74, 6) is 1.42. The van der Waals surface area contributed by atoms with E-state index in [4.69, 9.17) is 9.47 Å². The van der Waals surface area contributed by atoms with Crippen molar-refractivity contribution in [3.63, 3.8) is 0 Å². The number of carbonyl (C=O) groups is 1. The van der Waals surface area contributed by atoms with Crippen molar-refractivity contribution in [1.29, 1.82) is 0 Å². The lowest BCUT2D eigenvalue weighted by Gasteiger charge is -2.10. The normalized spacial score (nSPS) is 10.6. The Balaban J connectivity index is 1.34. The molecule has 0 spiro atoms. The quantitative estimate of drug-likeness (QED) is 0.533. The first-order valence-corrected chi connectivity index (χ1v) is 9.32. The monoisotopic (exact) mass is 401 g/mol. The van der Waals surface area contributed by atoms with Crippen LogP contribution in [0.15, 0.2) is 83.9 Å². The molecular formula is C23H19N3O4. The van der Waals surface area contributed by atoms with E-state index in [9.17, 15) is 9.59 Å². The number of fused-ring (bicyclic) bond motifs is 1. The number of aromatic nitrogens is 2. The van der Waals surface area contributed by atoms with E-state index in [-0.39, 0.29) is 12.2 Å². The topological polar surface area (TPSA) is 82.4 Å². The molecule has 0 radical (unpaired) electrons. The van der Waals surface area contributed by atoms with Gasteiger partial charge in [-0.15, -0.1) is 0 Å². The van der Waals surface area contributed by atoms with Gasteiger partial charge in [0.15, 0.2) is 6.61 Å².